The quantitative estimate of drug-likeness (QED) is 0.708. The standard InChI is InChI=1S/C12H22N4O/c1-4-17-12-8-11(15-10(3)16-12)14-7-5-6-9(2)13/h8-9H,4-7,13H2,1-3H3,(H,14,15,16). The van der Waals surface area contributed by atoms with Crippen molar-refractivity contribution in [3.63, 3.8) is 0 Å². The van der Waals surface area contributed by atoms with E-state index in [9.17, 15) is 0 Å². The summed E-state index contributed by atoms with van der Waals surface area (Å²) in [6, 6.07) is 2.07. The van der Waals surface area contributed by atoms with Crippen molar-refractivity contribution >= 4 is 5.82 Å². The number of ether oxygens (including phenoxy) is 1. The number of anilines is 1. The van der Waals surface area contributed by atoms with E-state index in [0.29, 0.717) is 18.3 Å². The minimum absolute atomic E-state index is 0.253. The van der Waals surface area contributed by atoms with E-state index in [-0.39, 0.29) is 6.04 Å². The zero-order valence-electron chi connectivity index (χ0n) is 10.9. The highest BCUT2D eigenvalue weighted by molar-refractivity contribution is 5.38. The third kappa shape index (κ3) is 5.49. The molecule has 0 aliphatic carbocycles. The van der Waals surface area contributed by atoms with Crippen LogP contribution >= 0.6 is 0 Å². The fourth-order valence-corrected chi connectivity index (χ4v) is 1.49. The van der Waals surface area contributed by atoms with Crippen LogP contribution in [-0.2, 0) is 0 Å². The summed E-state index contributed by atoms with van der Waals surface area (Å²) in [6.45, 7) is 7.29. The molecule has 1 heterocycles. The Morgan fingerprint density at radius 2 is 2.24 bits per heavy atom. The van der Waals surface area contributed by atoms with Crippen molar-refractivity contribution in [1.82, 2.24) is 9.97 Å². The lowest BCUT2D eigenvalue weighted by Crippen LogP contribution is -2.16. The molecule has 0 saturated heterocycles. The SMILES string of the molecule is CCOc1cc(NCCCC(C)N)nc(C)n1. The van der Waals surface area contributed by atoms with Crippen LogP contribution in [0.1, 0.15) is 32.5 Å². The first kappa shape index (κ1) is 13.7. The van der Waals surface area contributed by atoms with Crippen molar-refractivity contribution in [2.45, 2.75) is 39.7 Å². The van der Waals surface area contributed by atoms with Gasteiger partial charge in [0.25, 0.3) is 0 Å². The number of rotatable bonds is 7. The lowest BCUT2D eigenvalue weighted by Gasteiger charge is -2.09. The largest absolute Gasteiger partial charge is 0.478 e. The van der Waals surface area contributed by atoms with Crippen LogP contribution in [0.2, 0.25) is 0 Å². The van der Waals surface area contributed by atoms with Gasteiger partial charge in [-0.2, -0.15) is 4.98 Å². The summed E-state index contributed by atoms with van der Waals surface area (Å²) in [6.07, 6.45) is 2.04. The summed E-state index contributed by atoms with van der Waals surface area (Å²) in [7, 11) is 0. The fourth-order valence-electron chi connectivity index (χ4n) is 1.49. The average molecular weight is 238 g/mol. The Hall–Kier alpha value is -1.36. The van der Waals surface area contributed by atoms with Crippen molar-refractivity contribution in [2.75, 3.05) is 18.5 Å². The van der Waals surface area contributed by atoms with E-state index in [4.69, 9.17) is 10.5 Å². The summed E-state index contributed by atoms with van der Waals surface area (Å²) >= 11 is 0. The number of nitrogens with zero attached hydrogens (tertiary/aromatic N) is 2. The Morgan fingerprint density at radius 1 is 1.47 bits per heavy atom. The average Bonchev–Trinajstić information content (AvgIpc) is 2.24. The normalized spacial score (nSPS) is 12.2. The number of aryl methyl sites for hydroxylation is 1. The number of hydrogen-bond donors (Lipinski definition) is 2. The lowest BCUT2D eigenvalue weighted by molar-refractivity contribution is 0.325. The Labute approximate surface area is 103 Å². The summed E-state index contributed by atoms with van der Waals surface area (Å²) in [5.74, 6) is 2.14. The molecule has 1 rings (SSSR count). The van der Waals surface area contributed by atoms with E-state index in [2.05, 4.69) is 15.3 Å². The van der Waals surface area contributed by atoms with Crippen LogP contribution in [0.15, 0.2) is 6.07 Å². The maximum atomic E-state index is 5.69. The van der Waals surface area contributed by atoms with Crippen molar-refractivity contribution in [1.29, 1.82) is 0 Å². The molecule has 0 bridgehead atoms. The molecule has 0 radical (unpaired) electrons. The van der Waals surface area contributed by atoms with E-state index >= 15 is 0 Å². The Kier molecular flexibility index (Phi) is 5.69. The maximum absolute atomic E-state index is 5.69. The van der Waals surface area contributed by atoms with E-state index < -0.39 is 0 Å². The molecule has 17 heavy (non-hydrogen) atoms. The van der Waals surface area contributed by atoms with Gasteiger partial charge in [0.1, 0.15) is 11.6 Å². The number of nitrogens with one attached hydrogen (secondary N) is 1. The van der Waals surface area contributed by atoms with Crippen LogP contribution in [-0.4, -0.2) is 29.2 Å². The zero-order valence-corrected chi connectivity index (χ0v) is 10.9. The summed E-state index contributed by atoms with van der Waals surface area (Å²) in [5.41, 5.74) is 5.69. The van der Waals surface area contributed by atoms with Crippen molar-refractivity contribution in [3.05, 3.63) is 11.9 Å². The molecule has 0 amide bonds. The second-order valence-corrected chi connectivity index (χ2v) is 4.12. The van der Waals surface area contributed by atoms with Gasteiger partial charge in [-0.05, 0) is 33.6 Å². The van der Waals surface area contributed by atoms with Crippen LogP contribution in [0.25, 0.3) is 0 Å². The summed E-state index contributed by atoms with van der Waals surface area (Å²) < 4.78 is 5.36. The highest BCUT2D eigenvalue weighted by Crippen LogP contribution is 2.13. The zero-order chi connectivity index (χ0) is 12.7. The molecule has 1 aromatic rings. The molecule has 0 aromatic carbocycles. The highest BCUT2D eigenvalue weighted by Gasteiger charge is 2.02. The molecule has 0 aliphatic heterocycles. The van der Waals surface area contributed by atoms with Crippen molar-refractivity contribution < 1.29 is 4.74 Å². The Morgan fingerprint density at radius 3 is 2.88 bits per heavy atom. The maximum Gasteiger partial charge on any atom is 0.218 e. The molecule has 1 unspecified atom stereocenters. The molecule has 0 fully saturated rings. The van der Waals surface area contributed by atoms with Gasteiger partial charge in [-0.15, -0.1) is 0 Å². The van der Waals surface area contributed by atoms with Crippen LogP contribution in [0, 0.1) is 6.92 Å². The van der Waals surface area contributed by atoms with Gasteiger partial charge in [0.05, 0.1) is 6.61 Å². The van der Waals surface area contributed by atoms with Crippen molar-refractivity contribution in [3.8, 4) is 5.88 Å². The Bertz CT molecular complexity index is 341. The van der Waals surface area contributed by atoms with E-state index in [1.807, 2.05) is 26.8 Å². The van der Waals surface area contributed by atoms with E-state index in [0.717, 1.165) is 25.2 Å². The first-order valence-corrected chi connectivity index (χ1v) is 6.09. The van der Waals surface area contributed by atoms with Crippen LogP contribution < -0.4 is 15.8 Å². The number of aromatic nitrogens is 2. The molecule has 0 aliphatic rings. The molecule has 1 aromatic heterocycles. The molecular formula is C12H22N4O. The van der Waals surface area contributed by atoms with E-state index in [1.165, 1.54) is 0 Å². The molecule has 0 saturated carbocycles. The molecule has 96 valence electrons. The fraction of sp³-hybridized carbons (Fsp3) is 0.667. The monoisotopic (exact) mass is 238 g/mol. The lowest BCUT2D eigenvalue weighted by atomic mass is 10.2. The third-order valence-electron chi connectivity index (χ3n) is 2.25. The summed E-state index contributed by atoms with van der Waals surface area (Å²) in [4.78, 5) is 8.49. The second kappa shape index (κ2) is 7.06. The van der Waals surface area contributed by atoms with Gasteiger partial charge >= 0.3 is 0 Å². The van der Waals surface area contributed by atoms with Gasteiger partial charge in [0, 0.05) is 18.7 Å². The predicted octanol–water partition coefficient (Wildman–Crippen LogP) is 1.72. The van der Waals surface area contributed by atoms with Gasteiger partial charge in [-0.3, -0.25) is 0 Å². The summed E-state index contributed by atoms with van der Waals surface area (Å²) in [5, 5.41) is 3.25. The second-order valence-electron chi connectivity index (χ2n) is 4.12. The topological polar surface area (TPSA) is 73.1 Å². The number of hydrogen-bond acceptors (Lipinski definition) is 5. The molecule has 1 atom stereocenters. The predicted molar refractivity (Wildman–Crippen MR) is 69.3 cm³/mol. The van der Waals surface area contributed by atoms with Gasteiger partial charge in [0.15, 0.2) is 0 Å². The van der Waals surface area contributed by atoms with Gasteiger partial charge < -0.3 is 15.8 Å². The number of nitrogens with two attached hydrogens (primary N) is 1. The molecule has 0 spiro atoms. The Balaban J connectivity index is 2.46. The molecule has 5 nitrogen and oxygen atoms in total. The van der Waals surface area contributed by atoms with Gasteiger partial charge in [-0.25, -0.2) is 4.98 Å². The molecular weight excluding hydrogens is 216 g/mol. The van der Waals surface area contributed by atoms with Crippen LogP contribution in [0.5, 0.6) is 5.88 Å². The first-order valence-electron chi connectivity index (χ1n) is 6.09. The van der Waals surface area contributed by atoms with Crippen LogP contribution in [0.3, 0.4) is 0 Å². The van der Waals surface area contributed by atoms with Gasteiger partial charge in [0.2, 0.25) is 5.88 Å². The smallest absolute Gasteiger partial charge is 0.218 e. The first-order chi connectivity index (χ1) is 8.11. The van der Waals surface area contributed by atoms with Crippen LogP contribution in [0.4, 0.5) is 5.82 Å². The third-order valence-corrected chi connectivity index (χ3v) is 2.25. The molecule has 3 N–H and O–H groups in total. The van der Waals surface area contributed by atoms with E-state index in [1.54, 1.807) is 0 Å². The highest BCUT2D eigenvalue weighted by atomic mass is 16.5. The van der Waals surface area contributed by atoms with Gasteiger partial charge in [-0.1, -0.05) is 0 Å². The minimum atomic E-state index is 0.253. The minimum Gasteiger partial charge on any atom is -0.478 e. The molecule has 5 heteroatoms. The van der Waals surface area contributed by atoms with Crippen molar-refractivity contribution in [2.24, 2.45) is 5.73 Å².